The summed E-state index contributed by atoms with van der Waals surface area (Å²) in [5.41, 5.74) is 13.6. The maximum Gasteiger partial charge on any atom is 0.134 e. The van der Waals surface area contributed by atoms with Crippen LogP contribution in [-0.2, 0) is 5.54 Å². The molecule has 2 aromatic carbocycles. The third-order valence-electron chi connectivity index (χ3n) is 3.91. The van der Waals surface area contributed by atoms with E-state index in [9.17, 15) is 5.11 Å². The van der Waals surface area contributed by atoms with Crippen molar-refractivity contribution in [3.8, 4) is 11.3 Å². The highest BCUT2D eigenvalue weighted by Crippen LogP contribution is 2.34. The second-order valence-electron chi connectivity index (χ2n) is 6.74. The Kier molecular flexibility index (Phi) is 3.62. The summed E-state index contributed by atoms with van der Waals surface area (Å²) in [4.78, 5) is 0. The molecular formula is C18H22N4O. The number of anilines is 1. The lowest BCUT2D eigenvalue weighted by Gasteiger charge is -2.21. The largest absolute Gasteiger partial charge is 0.384 e. The van der Waals surface area contributed by atoms with E-state index in [4.69, 9.17) is 11.5 Å². The summed E-state index contributed by atoms with van der Waals surface area (Å²) in [6.07, 6.45) is -1.17. The third kappa shape index (κ3) is 2.69. The smallest absolute Gasteiger partial charge is 0.134 e. The maximum atomic E-state index is 9.98. The van der Waals surface area contributed by atoms with E-state index in [0.717, 1.165) is 16.3 Å². The fourth-order valence-electron chi connectivity index (χ4n) is 2.80. The van der Waals surface area contributed by atoms with Gasteiger partial charge in [-0.15, -0.1) is 0 Å². The zero-order valence-electron chi connectivity index (χ0n) is 13.6. The molecule has 0 aliphatic rings. The molecule has 0 spiro atoms. The zero-order valence-corrected chi connectivity index (χ0v) is 13.6. The molecule has 1 heterocycles. The summed E-state index contributed by atoms with van der Waals surface area (Å²) in [6.45, 7) is 6.02. The van der Waals surface area contributed by atoms with Gasteiger partial charge >= 0.3 is 0 Å². The van der Waals surface area contributed by atoms with Gasteiger partial charge in [-0.1, -0.05) is 36.4 Å². The molecule has 0 bridgehead atoms. The van der Waals surface area contributed by atoms with Gasteiger partial charge in [0.15, 0.2) is 0 Å². The first-order chi connectivity index (χ1) is 10.8. The van der Waals surface area contributed by atoms with Crippen molar-refractivity contribution in [2.45, 2.75) is 32.5 Å². The van der Waals surface area contributed by atoms with Crippen LogP contribution >= 0.6 is 0 Å². The highest BCUT2D eigenvalue weighted by Gasteiger charge is 2.26. The average molecular weight is 310 g/mol. The van der Waals surface area contributed by atoms with Crippen LogP contribution in [-0.4, -0.2) is 14.9 Å². The number of rotatable bonds is 2. The molecule has 0 amide bonds. The first-order valence-corrected chi connectivity index (χ1v) is 7.61. The van der Waals surface area contributed by atoms with E-state index in [0.29, 0.717) is 17.1 Å². The van der Waals surface area contributed by atoms with Crippen molar-refractivity contribution in [3.63, 3.8) is 0 Å². The van der Waals surface area contributed by atoms with Crippen molar-refractivity contribution >= 4 is 16.6 Å². The van der Waals surface area contributed by atoms with Gasteiger partial charge in [0, 0.05) is 5.56 Å². The van der Waals surface area contributed by atoms with Crippen molar-refractivity contribution in [2.24, 2.45) is 5.73 Å². The number of hydrogen-bond donors (Lipinski definition) is 3. The summed E-state index contributed by atoms with van der Waals surface area (Å²) in [6, 6.07) is 14.1. The Labute approximate surface area is 135 Å². The number of aliphatic hydroxyl groups excluding tert-OH is 1. The Balaban J connectivity index is 2.25. The minimum atomic E-state index is -1.17. The number of aliphatic hydroxyl groups is 1. The Bertz CT molecular complexity index is 859. The molecule has 1 atom stereocenters. The van der Waals surface area contributed by atoms with Crippen LogP contribution in [0.2, 0.25) is 0 Å². The fourth-order valence-corrected chi connectivity index (χ4v) is 2.80. The molecule has 5 nitrogen and oxygen atoms in total. The molecule has 0 fully saturated rings. The Morgan fingerprint density at radius 1 is 1.09 bits per heavy atom. The monoisotopic (exact) mass is 310 g/mol. The van der Waals surface area contributed by atoms with E-state index in [1.807, 2.05) is 57.2 Å². The molecule has 0 aliphatic heterocycles. The van der Waals surface area contributed by atoms with Crippen LogP contribution < -0.4 is 11.5 Å². The van der Waals surface area contributed by atoms with Crippen LogP contribution in [0.3, 0.4) is 0 Å². The lowest BCUT2D eigenvalue weighted by atomic mass is 10.0. The van der Waals surface area contributed by atoms with Gasteiger partial charge in [0.2, 0.25) is 0 Å². The van der Waals surface area contributed by atoms with E-state index < -0.39 is 6.23 Å². The predicted octanol–water partition coefficient (Wildman–Crippen LogP) is 2.99. The number of benzene rings is 2. The molecule has 5 N–H and O–H groups in total. The van der Waals surface area contributed by atoms with Gasteiger partial charge in [0.05, 0.1) is 11.1 Å². The quantitative estimate of drug-likeness (QED) is 0.635. The lowest BCUT2D eigenvalue weighted by Crippen LogP contribution is -2.25. The minimum absolute atomic E-state index is 0.303. The predicted molar refractivity (Wildman–Crippen MR) is 93.7 cm³/mol. The van der Waals surface area contributed by atoms with E-state index in [1.54, 1.807) is 4.68 Å². The lowest BCUT2D eigenvalue weighted by molar-refractivity contribution is 0.187. The van der Waals surface area contributed by atoms with Crippen molar-refractivity contribution in [1.82, 2.24) is 9.78 Å². The third-order valence-corrected chi connectivity index (χ3v) is 3.91. The highest BCUT2D eigenvalue weighted by atomic mass is 16.3. The topological polar surface area (TPSA) is 90.1 Å². The molecule has 1 aromatic heterocycles. The number of fused-ring (bicyclic) bond motifs is 1. The van der Waals surface area contributed by atoms with Crippen LogP contribution in [0.5, 0.6) is 0 Å². The van der Waals surface area contributed by atoms with E-state index >= 15 is 0 Å². The molecule has 5 heteroatoms. The highest BCUT2D eigenvalue weighted by molar-refractivity contribution is 5.87. The second kappa shape index (κ2) is 5.37. The maximum absolute atomic E-state index is 9.98. The molecule has 3 aromatic rings. The molecular weight excluding hydrogens is 288 g/mol. The van der Waals surface area contributed by atoms with Crippen LogP contribution in [0.15, 0.2) is 42.5 Å². The van der Waals surface area contributed by atoms with Gasteiger partial charge in [-0.05, 0) is 37.6 Å². The Morgan fingerprint density at radius 2 is 1.74 bits per heavy atom. The molecule has 23 heavy (non-hydrogen) atoms. The number of nitrogens with two attached hydrogens (primary N) is 2. The Morgan fingerprint density at radius 3 is 2.35 bits per heavy atom. The van der Waals surface area contributed by atoms with E-state index in [-0.39, 0.29) is 5.54 Å². The van der Waals surface area contributed by atoms with Gasteiger partial charge < -0.3 is 16.6 Å². The van der Waals surface area contributed by atoms with E-state index in [2.05, 4.69) is 11.2 Å². The van der Waals surface area contributed by atoms with Gasteiger partial charge in [0.25, 0.3) is 0 Å². The minimum Gasteiger partial charge on any atom is -0.384 e. The van der Waals surface area contributed by atoms with Gasteiger partial charge in [-0.2, -0.15) is 5.10 Å². The summed E-state index contributed by atoms with van der Waals surface area (Å²) in [7, 11) is 0. The average Bonchev–Trinajstić information content (AvgIpc) is 2.84. The summed E-state index contributed by atoms with van der Waals surface area (Å²) in [5.74, 6) is 0.399. The summed E-state index contributed by atoms with van der Waals surface area (Å²) in [5, 5.41) is 16.9. The van der Waals surface area contributed by atoms with Crippen molar-refractivity contribution in [1.29, 1.82) is 0 Å². The van der Waals surface area contributed by atoms with Crippen molar-refractivity contribution < 1.29 is 5.11 Å². The molecule has 3 rings (SSSR count). The molecule has 0 aliphatic carbocycles. The fraction of sp³-hybridized carbons (Fsp3) is 0.278. The number of aromatic nitrogens is 2. The van der Waals surface area contributed by atoms with Gasteiger partial charge in [0.1, 0.15) is 17.7 Å². The van der Waals surface area contributed by atoms with Crippen LogP contribution in [0, 0.1) is 0 Å². The zero-order chi connectivity index (χ0) is 16.8. The van der Waals surface area contributed by atoms with E-state index in [1.165, 1.54) is 0 Å². The number of hydrogen-bond acceptors (Lipinski definition) is 4. The van der Waals surface area contributed by atoms with Gasteiger partial charge in [-0.3, -0.25) is 0 Å². The first kappa shape index (κ1) is 15.5. The summed E-state index contributed by atoms with van der Waals surface area (Å²) < 4.78 is 1.71. The normalized spacial score (nSPS) is 13.4. The summed E-state index contributed by atoms with van der Waals surface area (Å²) >= 11 is 0. The van der Waals surface area contributed by atoms with Crippen molar-refractivity contribution in [3.05, 3.63) is 48.0 Å². The van der Waals surface area contributed by atoms with Crippen LogP contribution in [0.1, 0.15) is 32.6 Å². The number of nitrogens with zero attached hydrogens (tertiary/aromatic N) is 2. The van der Waals surface area contributed by atoms with Gasteiger partial charge in [-0.25, -0.2) is 4.68 Å². The van der Waals surface area contributed by atoms with Crippen LogP contribution in [0.25, 0.3) is 22.0 Å². The molecule has 0 radical (unpaired) electrons. The first-order valence-electron chi connectivity index (χ1n) is 7.61. The Hall–Kier alpha value is -2.37. The standard InChI is InChI=1S/C18H22N4O/c1-18(2,3)22-16(19)14(17(20)23)15(21-22)13-9-8-11-6-4-5-7-12(11)10-13/h4-10,17,23H,19-20H2,1-3H3. The molecule has 0 saturated heterocycles. The molecule has 120 valence electrons. The van der Waals surface area contributed by atoms with Crippen molar-refractivity contribution in [2.75, 3.05) is 5.73 Å². The number of nitrogen functional groups attached to an aromatic ring is 1. The van der Waals surface area contributed by atoms with Crippen LogP contribution in [0.4, 0.5) is 5.82 Å². The molecule has 1 unspecified atom stereocenters. The second-order valence-corrected chi connectivity index (χ2v) is 6.74. The SMILES string of the molecule is CC(C)(C)n1nc(-c2ccc3ccccc3c2)c(C(N)O)c1N. The molecule has 0 saturated carbocycles.